The molecule has 2 atom stereocenters. The molecule has 2 radical (unpaired) electrons. The third-order valence-corrected chi connectivity index (χ3v) is 24.6. The molecule has 198 valence electrons. The Hall–Kier alpha value is 1.46. The van der Waals surface area contributed by atoms with Crippen LogP contribution in [0.25, 0.3) is 0 Å². The fourth-order valence-corrected chi connectivity index (χ4v) is 29.9. The molecule has 0 rings (SSSR count). The zero-order valence-electron chi connectivity index (χ0n) is 24.3. The zero-order valence-corrected chi connectivity index (χ0v) is 32.3. The first-order valence-corrected chi connectivity index (χ1v) is 34.0. The molecule has 0 aromatic rings. The van der Waals surface area contributed by atoms with E-state index in [0.717, 1.165) is 0 Å². The average molecular weight is 605 g/mol. The van der Waals surface area contributed by atoms with E-state index < -0.39 is 69.0 Å². The van der Waals surface area contributed by atoms with E-state index in [4.69, 9.17) is 29.4 Å². The molecule has 0 amide bonds. The molecule has 2 unspecified atom stereocenters. The van der Waals surface area contributed by atoms with Crippen molar-refractivity contribution in [2.45, 2.75) is 105 Å². The molecule has 0 saturated heterocycles. The first-order valence-electron chi connectivity index (χ1n) is 11.7. The fraction of sp³-hybridized carbons (Fsp3) is 1.00. The van der Waals surface area contributed by atoms with Gasteiger partial charge in [-0.2, -0.15) is 0 Å². The van der Waals surface area contributed by atoms with Crippen LogP contribution in [-0.4, -0.2) is 81.4 Å². The molecule has 0 aromatic carbocycles. The highest BCUT2D eigenvalue weighted by molar-refractivity contribution is 6.90. The van der Waals surface area contributed by atoms with Crippen molar-refractivity contribution in [3.63, 3.8) is 0 Å². The SMILES string of the molecule is C[Si](C)CO[Si](C)(O[Si](C)(C)C)O[Si](C)(OC[Si](C)C)O[Si](C)(O[Si](C)(C)C)O[Si](C)(C)C. The topological polar surface area (TPSA) is 64.6 Å². The first-order chi connectivity index (χ1) is 14.4. The average Bonchev–Trinajstić information content (AvgIpc) is 2.44. The largest absolute Gasteiger partial charge is 0.482 e. The second-order valence-electron chi connectivity index (χ2n) is 12.4. The van der Waals surface area contributed by atoms with Gasteiger partial charge in [0.2, 0.25) is 0 Å². The Balaban J connectivity index is 6.23. The Bertz CT molecular complexity index is 576. The van der Waals surface area contributed by atoms with Crippen LogP contribution in [0.15, 0.2) is 0 Å². The Kier molecular flexibility index (Phi) is 13.4. The molecule has 15 heteroatoms. The summed E-state index contributed by atoms with van der Waals surface area (Å²) < 4.78 is 46.3. The molecule has 0 saturated carbocycles. The Morgan fingerprint density at radius 1 is 0.394 bits per heavy atom. The zero-order chi connectivity index (χ0) is 26.5. The predicted octanol–water partition coefficient (Wildman–Crippen LogP) is 5.90. The summed E-state index contributed by atoms with van der Waals surface area (Å²) in [5.74, 6) is 0. The van der Waals surface area contributed by atoms with Crippen LogP contribution in [0.4, 0.5) is 0 Å². The standard InChI is InChI=1S/C18H52O7Si8/c1-26(2)17-19-31(14,21-28(5,6)7)24-32(15,20-18-27(3)4)25-33(16,22-29(8,9)10)23-30(11,12)13/h17-18H2,1-16H3. The smallest absolute Gasteiger partial charge is 0.417 e. The third-order valence-electron chi connectivity index (χ3n) is 3.46. The molecule has 7 nitrogen and oxygen atoms in total. The number of hydrogen-bond donors (Lipinski definition) is 0. The third kappa shape index (κ3) is 17.5. The summed E-state index contributed by atoms with van der Waals surface area (Å²) in [6.07, 6.45) is 1.30. The van der Waals surface area contributed by atoms with Crippen molar-refractivity contribution in [2.75, 3.05) is 12.5 Å². The summed E-state index contributed by atoms with van der Waals surface area (Å²) >= 11 is 0. The van der Waals surface area contributed by atoms with Gasteiger partial charge in [0.1, 0.15) is 0 Å². The summed E-state index contributed by atoms with van der Waals surface area (Å²) in [7, 11) is -16.4. The second-order valence-corrected chi connectivity index (χ2v) is 40.3. The normalized spacial score (nSPS) is 18.0. The molecule has 0 fully saturated rings. The van der Waals surface area contributed by atoms with Crippen LogP contribution in [0.2, 0.25) is 105 Å². The van der Waals surface area contributed by atoms with Crippen LogP contribution in [0.1, 0.15) is 0 Å². The van der Waals surface area contributed by atoms with Crippen molar-refractivity contribution < 1.29 is 29.4 Å². The maximum Gasteiger partial charge on any atom is 0.482 e. The predicted molar refractivity (Wildman–Crippen MR) is 157 cm³/mol. The van der Waals surface area contributed by atoms with Crippen LogP contribution in [0.5, 0.6) is 0 Å². The summed E-state index contributed by atoms with van der Waals surface area (Å²) in [6, 6.07) is 0. The summed E-state index contributed by atoms with van der Waals surface area (Å²) in [5.41, 5.74) is 0. The number of hydrogen-bond acceptors (Lipinski definition) is 7. The van der Waals surface area contributed by atoms with Crippen molar-refractivity contribution >= 4 is 69.0 Å². The molecule has 0 aliphatic carbocycles. The van der Waals surface area contributed by atoms with Crippen LogP contribution in [0, 0.1) is 0 Å². The lowest BCUT2D eigenvalue weighted by molar-refractivity contribution is 0.104. The van der Waals surface area contributed by atoms with E-state index in [1.54, 1.807) is 0 Å². The van der Waals surface area contributed by atoms with Gasteiger partial charge in [-0.15, -0.1) is 0 Å². The summed E-state index contributed by atoms with van der Waals surface area (Å²) in [6.45, 7) is 34.3. The minimum absolute atomic E-state index is 0.607. The van der Waals surface area contributed by atoms with Crippen molar-refractivity contribution in [1.29, 1.82) is 0 Å². The lowest BCUT2D eigenvalue weighted by Crippen LogP contribution is -2.65. The van der Waals surface area contributed by atoms with E-state index in [0.29, 0.717) is 12.5 Å². The molecule has 0 aliphatic rings. The van der Waals surface area contributed by atoms with E-state index in [-0.39, 0.29) is 0 Å². The highest BCUT2D eigenvalue weighted by Gasteiger charge is 2.56. The molecule has 0 N–H and O–H groups in total. The summed E-state index contributed by atoms with van der Waals surface area (Å²) in [4.78, 5) is 0. The minimum Gasteiger partial charge on any atom is -0.417 e. The molecule has 0 bridgehead atoms. The van der Waals surface area contributed by atoms with Crippen LogP contribution in [0.3, 0.4) is 0 Å². The molecular formula is C18H52O7Si8. The van der Waals surface area contributed by atoms with Gasteiger partial charge in [-0.1, -0.05) is 26.2 Å². The van der Waals surface area contributed by atoms with Gasteiger partial charge in [0.25, 0.3) is 0 Å². The second kappa shape index (κ2) is 12.8. The van der Waals surface area contributed by atoms with Crippen molar-refractivity contribution in [1.82, 2.24) is 0 Å². The molecule has 0 heterocycles. The Labute approximate surface area is 214 Å². The van der Waals surface area contributed by atoms with E-state index in [9.17, 15) is 0 Å². The minimum atomic E-state index is -3.23. The maximum absolute atomic E-state index is 6.82. The highest BCUT2D eigenvalue weighted by Crippen LogP contribution is 2.30. The van der Waals surface area contributed by atoms with Crippen LogP contribution < -0.4 is 0 Å². The lowest BCUT2D eigenvalue weighted by Gasteiger charge is -2.44. The Morgan fingerprint density at radius 3 is 0.909 bits per heavy atom. The lowest BCUT2D eigenvalue weighted by atomic mass is 11.7. The van der Waals surface area contributed by atoms with E-state index in [1.807, 2.05) is 19.6 Å². The van der Waals surface area contributed by atoms with Gasteiger partial charge >= 0.3 is 26.4 Å². The van der Waals surface area contributed by atoms with Gasteiger partial charge in [0, 0.05) is 32.1 Å². The van der Waals surface area contributed by atoms with Gasteiger partial charge in [-0.05, 0) is 58.9 Å². The first kappa shape index (κ1) is 34.5. The number of rotatable bonds is 16. The molecule has 0 aliphatic heterocycles. The van der Waals surface area contributed by atoms with E-state index in [1.165, 1.54) is 0 Å². The van der Waals surface area contributed by atoms with Crippen molar-refractivity contribution in [2.24, 2.45) is 0 Å². The van der Waals surface area contributed by atoms with Crippen molar-refractivity contribution in [3.05, 3.63) is 0 Å². The highest BCUT2D eigenvalue weighted by atomic mass is 28.5. The molecular weight excluding hydrogens is 553 g/mol. The van der Waals surface area contributed by atoms with E-state index in [2.05, 4.69) is 85.1 Å². The molecule has 0 spiro atoms. The van der Waals surface area contributed by atoms with Crippen LogP contribution >= 0.6 is 0 Å². The van der Waals surface area contributed by atoms with Gasteiger partial charge in [-0.3, -0.25) is 0 Å². The monoisotopic (exact) mass is 604 g/mol. The van der Waals surface area contributed by atoms with Gasteiger partial charge in [-0.25, -0.2) is 0 Å². The quantitative estimate of drug-likeness (QED) is 0.203. The van der Waals surface area contributed by atoms with Crippen LogP contribution in [-0.2, 0) is 29.4 Å². The van der Waals surface area contributed by atoms with E-state index >= 15 is 0 Å². The fourth-order valence-electron chi connectivity index (χ4n) is 3.11. The van der Waals surface area contributed by atoms with Gasteiger partial charge < -0.3 is 29.4 Å². The molecule has 33 heavy (non-hydrogen) atoms. The Morgan fingerprint density at radius 2 is 0.636 bits per heavy atom. The molecule has 0 aromatic heterocycles. The van der Waals surface area contributed by atoms with Gasteiger partial charge in [0.15, 0.2) is 25.0 Å². The summed E-state index contributed by atoms with van der Waals surface area (Å²) in [5, 5.41) is 0. The maximum atomic E-state index is 6.82. The van der Waals surface area contributed by atoms with Gasteiger partial charge in [0.05, 0.1) is 17.6 Å². The van der Waals surface area contributed by atoms with Crippen molar-refractivity contribution in [3.8, 4) is 0 Å².